The summed E-state index contributed by atoms with van der Waals surface area (Å²) in [7, 11) is -9.62. The Bertz CT molecular complexity index is 653. The van der Waals surface area contributed by atoms with E-state index in [1.807, 2.05) is 0 Å². The van der Waals surface area contributed by atoms with Crippen LogP contribution in [0.2, 0.25) is 0 Å². The van der Waals surface area contributed by atoms with E-state index in [1.54, 1.807) is 6.07 Å². The highest BCUT2D eigenvalue weighted by Gasteiger charge is 2.68. The fraction of sp³-hybridized carbons (Fsp3) is 0.467. The normalized spacial score (nSPS) is 28.2. The Balaban J connectivity index is 2.18. The molecule has 1 aliphatic carbocycles. The second kappa shape index (κ2) is 6.19. The van der Waals surface area contributed by atoms with Gasteiger partial charge in [0.05, 0.1) is 10.2 Å². The molecule has 0 saturated heterocycles. The minimum absolute atomic E-state index is 0.0946. The van der Waals surface area contributed by atoms with Crippen molar-refractivity contribution in [2.24, 2.45) is 5.92 Å². The molecule has 1 unspecified atom stereocenters. The maximum Gasteiger partial charge on any atom is 0.468 e. The summed E-state index contributed by atoms with van der Waals surface area (Å²) >= 11 is 0. The first-order chi connectivity index (χ1) is 11.2. The molecule has 1 fully saturated rings. The first-order valence-electron chi connectivity index (χ1n) is 7.47. The van der Waals surface area contributed by atoms with Gasteiger partial charge in [0.15, 0.2) is 10.3 Å². The van der Waals surface area contributed by atoms with Crippen LogP contribution in [0.25, 0.3) is 6.08 Å². The second-order valence-corrected chi connectivity index (χ2v) is 9.61. The maximum atomic E-state index is 14.1. The molecular weight excluding hydrogens is 369 g/mol. The summed E-state index contributed by atoms with van der Waals surface area (Å²) in [4.78, 5) is -0.354. The van der Waals surface area contributed by atoms with Crippen LogP contribution in [0.15, 0.2) is 34.1 Å². The van der Waals surface area contributed by atoms with Gasteiger partial charge in [0.1, 0.15) is 3.74 Å². The van der Waals surface area contributed by atoms with Crippen molar-refractivity contribution in [2.75, 3.05) is 0 Å². The van der Waals surface area contributed by atoms with E-state index in [0.29, 0.717) is 12.8 Å². The van der Waals surface area contributed by atoms with Gasteiger partial charge < -0.3 is 0 Å². The summed E-state index contributed by atoms with van der Waals surface area (Å²) in [5.41, 5.74) is -4.72. The van der Waals surface area contributed by atoms with Gasteiger partial charge in [-0.1, -0.05) is 37.5 Å². The van der Waals surface area contributed by atoms with Gasteiger partial charge in [0, 0.05) is 9.80 Å². The van der Waals surface area contributed by atoms with E-state index in [0.717, 1.165) is 19.3 Å². The van der Waals surface area contributed by atoms with Crippen molar-refractivity contribution < 1.29 is 41.1 Å². The summed E-state index contributed by atoms with van der Waals surface area (Å²) in [6.07, 6.45) is 4.91. The summed E-state index contributed by atoms with van der Waals surface area (Å²) in [5, 5.41) is 0. The Kier molecular flexibility index (Phi) is 4.65. The lowest BCUT2D eigenvalue weighted by Crippen LogP contribution is -2.61. The van der Waals surface area contributed by atoms with Gasteiger partial charge in [-0.25, -0.2) is 0 Å². The first kappa shape index (κ1) is 18.0. The molecule has 1 heterocycles. The zero-order valence-electron chi connectivity index (χ0n) is 12.6. The van der Waals surface area contributed by atoms with Gasteiger partial charge in [-0.05, 0) is 36.5 Å². The number of benzene rings is 1. The van der Waals surface area contributed by atoms with Crippen LogP contribution in [0.3, 0.4) is 0 Å². The number of rotatable bonds is 3. The number of hydrogen-bond acceptors (Lipinski definition) is 4. The van der Waals surface area contributed by atoms with Gasteiger partial charge >= 0.3 is 5.51 Å². The SMILES string of the molecule is [O-][Cl+3]([O-])([O-])OS1(C(F)(F)F)C(C2CCCCC2)=Cc2ccccc21. The van der Waals surface area contributed by atoms with Crippen molar-refractivity contribution in [3.8, 4) is 0 Å². The third-order valence-corrected chi connectivity index (χ3v) is 8.49. The van der Waals surface area contributed by atoms with Crippen LogP contribution in [0.5, 0.6) is 0 Å². The summed E-state index contributed by atoms with van der Waals surface area (Å²) in [6, 6.07) is 5.65. The first-order valence-corrected chi connectivity index (χ1v) is 10.3. The van der Waals surface area contributed by atoms with Crippen molar-refractivity contribution in [2.45, 2.75) is 42.5 Å². The molecule has 24 heavy (non-hydrogen) atoms. The molecule has 9 heteroatoms. The number of halogens is 4. The van der Waals surface area contributed by atoms with E-state index in [-0.39, 0.29) is 15.4 Å². The minimum atomic E-state index is -5.23. The predicted molar refractivity (Wildman–Crippen MR) is 74.0 cm³/mol. The van der Waals surface area contributed by atoms with E-state index >= 15 is 0 Å². The zero-order chi connectivity index (χ0) is 17.6. The minimum Gasteiger partial charge on any atom is -0.182 e. The molecule has 0 bridgehead atoms. The van der Waals surface area contributed by atoms with Crippen molar-refractivity contribution in [3.05, 3.63) is 34.7 Å². The zero-order valence-corrected chi connectivity index (χ0v) is 14.1. The molecule has 1 aromatic rings. The van der Waals surface area contributed by atoms with Crippen molar-refractivity contribution in [3.63, 3.8) is 0 Å². The lowest BCUT2D eigenvalue weighted by Gasteiger charge is -2.38. The van der Waals surface area contributed by atoms with Crippen LogP contribution in [0.1, 0.15) is 37.7 Å². The largest absolute Gasteiger partial charge is 0.468 e. The van der Waals surface area contributed by atoms with E-state index in [9.17, 15) is 27.1 Å². The Hall–Kier alpha value is -0.770. The van der Waals surface area contributed by atoms with E-state index in [4.69, 9.17) is 0 Å². The Morgan fingerprint density at radius 3 is 2.25 bits per heavy atom. The standard InChI is InChI=1S/C15H16ClF3O4S/c17-15(18,19)24(23-16(20,21)22)13-9-5-4-8-12(13)10-14(24)11-6-2-1-3-7-11/h4-5,8-11H,1-3,6-7H2. The highest BCUT2D eigenvalue weighted by atomic mass is 35.7. The molecule has 0 amide bonds. The third-order valence-electron chi connectivity index (χ3n) is 4.36. The number of fused-ring (bicyclic) bond motifs is 1. The highest BCUT2D eigenvalue weighted by Crippen LogP contribution is 2.79. The molecule has 0 radical (unpaired) electrons. The van der Waals surface area contributed by atoms with Gasteiger partial charge in [-0.15, -0.1) is 0 Å². The van der Waals surface area contributed by atoms with Crippen molar-refractivity contribution in [1.29, 1.82) is 0 Å². The van der Waals surface area contributed by atoms with Gasteiger partial charge in [0.2, 0.25) is 0 Å². The average molecular weight is 385 g/mol. The van der Waals surface area contributed by atoms with Crippen molar-refractivity contribution in [1.82, 2.24) is 0 Å². The van der Waals surface area contributed by atoms with Crippen LogP contribution in [-0.2, 0) is 3.74 Å². The van der Waals surface area contributed by atoms with Crippen LogP contribution < -0.4 is 14.0 Å². The van der Waals surface area contributed by atoms with Gasteiger partial charge in [-0.3, -0.25) is 0 Å². The third kappa shape index (κ3) is 3.07. The fourth-order valence-corrected chi connectivity index (χ4v) is 7.72. The smallest absolute Gasteiger partial charge is 0.182 e. The topological polar surface area (TPSA) is 78.4 Å². The summed E-state index contributed by atoms with van der Waals surface area (Å²) in [5.74, 6) is -0.431. The number of hydrogen-bond donors (Lipinski definition) is 0. The van der Waals surface area contributed by atoms with Crippen LogP contribution in [0, 0.1) is 16.2 Å². The van der Waals surface area contributed by atoms with Crippen molar-refractivity contribution >= 4 is 16.4 Å². The quantitative estimate of drug-likeness (QED) is 0.799. The molecule has 0 aromatic heterocycles. The lowest BCUT2D eigenvalue weighted by molar-refractivity contribution is -1.91. The van der Waals surface area contributed by atoms with E-state index in [1.165, 1.54) is 24.3 Å². The number of allylic oxidation sites excluding steroid dienone is 1. The van der Waals surface area contributed by atoms with Crippen LogP contribution in [-0.4, -0.2) is 5.51 Å². The van der Waals surface area contributed by atoms with E-state index in [2.05, 4.69) is 3.74 Å². The van der Waals surface area contributed by atoms with Crippen LogP contribution >= 0.6 is 10.3 Å². The predicted octanol–water partition coefficient (Wildman–Crippen LogP) is 2.13. The Labute approximate surface area is 141 Å². The monoisotopic (exact) mass is 384 g/mol. The molecule has 0 N–H and O–H groups in total. The molecule has 4 nitrogen and oxygen atoms in total. The van der Waals surface area contributed by atoms with Gasteiger partial charge in [-0.2, -0.15) is 27.1 Å². The maximum absolute atomic E-state index is 14.1. The van der Waals surface area contributed by atoms with Crippen LogP contribution in [0.4, 0.5) is 13.2 Å². The average Bonchev–Trinajstić information content (AvgIpc) is 2.82. The summed E-state index contributed by atoms with van der Waals surface area (Å²) < 4.78 is 80.1. The fourth-order valence-electron chi connectivity index (χ4n) is 3.44. The molecule has 2 aliphatic rings. The Morgan fingerprint density at radius 1 is 1.04 bits per heavy atom. The Morgan fingerprint density at radius 2 is 1.67 bits per heavy atom. The molecule has 134 valence electrons. The highest BCUT2D eigenvalue weighted by molar-refractivity contribution is 8.34. The molecule has 1 aromatic carbocycles. The molecule has 0 spiro atoms. The molecule has 3 rings (SSSR count). The van der Waals surface area contributed by atoms with E-state index < -0.39 is 32.0 Å². The molecular formula is C15H16ClF3O4S. The summed E-state index contributed by atoms with van der Waals surface area (Å²) in [6.45, 7) is 0. The molecule has 1 atom stereocenters. The second-order valence-electron chi connectivity index (χ2n) is 5.86. The molecule has 1 saturated carbocycles. The molecule has 1 aliphatic heterocycles. The lowest BCUT2D eigenvalue weighted by atomic mass is 9.88. The number of alkyl halides is 3. The van der Waals surface area contributed by atoms with Gasteiger partial charge in [0.25, 0.3) is 0 Å².